The zero-order chi connectivity index (χ0) is 3.70. The van der Waals surface area contributed by atoms with Crippen LogP contribution in [0.3, 0.4) is 0 Å². The first-order valence-electron chi connectivity index (χ1n) is 2.15. The van der Waals surface area contributed by atoms with Gasteiger partial charge in [0.1, 0.15) is 16.3 Å². The molecule has 1 fully saturated rings. The maximum Gasteiger partial charge on any atom is 0.123 e. The van der Waals surface area contributed by atoms with Gasteiger partial charge in [0, 0.05) is 0 Å². The van der Waals surface area contributed by atoms with E-state index in [4.69, 9.17) is 0 Å². The zero-order valence-corrected chi connectivity index (χ0v) is 6.88. The Balaban J connectivity index is 0. The highest BCUT2D eigenvalue weighted by Gasteiger charge is 2.08. The Bertz CT molecular complexity index is 36.7. The summed E-state index contributed by atoms with van der Waals surface area (Å²) in [4.78, 5) is 0. The molecule has 0 unspecified atom stereocenters. The van der Waals surface area contributed by atoms with E-state index in [1.807, 2.05) is 0 Å². The van der Waals surface area contributed by atoms with Gasteiger partial charge in [0.15, 0.2) is 0 Å². The minimum absolute atomic E-state index is 0. The third-order valence-corrected chi connectivity index (χ3v) is 1.82. The summed E-state index contributed by atoms with van der Waals surface area (Å²) in [6.45, 7) is 0. The van der Waals surface area contributed by atoms with E-state index in [0.29, 0.717) is 0 Å². The van der Waals surface area contributed by atoms with E-state index in [1.165, 1.54) is 19.3 Å². The molecule has 42 valence electrons. The number of halogens is 2. The van der Waals surface area contributed by atoms with Crippen LogP contribution in [0.5, 0.6) is 0 Å². The Morgan fingerprint density at radius 1 is 1.14 bits per heavy atom. The van der Waals surface area contributed by atoms with Crippen molar-refractivity contribution in [1.82, 2.24) is 0 Å². The summed E-state index contributed by atoms with van der Waals surface area (Å²) >= 11 is 2.82. The van der Waals surface area contributed by atoms with Gasteiger partial charge < -0.3 is 0 Å². The average molecular weight is 155 g/mol. The van der Waals surface area contributed by atoms with Gasteiger partial charge >= 0.3 is 0 Å². The first-order valence-corrected chi connectivity index (χ1v) is 2.82. The van der Waals surface area contributed by atoms with E-state index in [2.05, 4.69) is 16.3 Å². The Hall–Kier alpha value is 1.11. The van der Waals surface area contributed by atoms with Crippen LogP contribution >= 0.6 is 24.8 Å². The van der Waals surface area contributed by atoms with Crippen LogP contribution in [0.4, 0.5) is 0 Å². The molecule has 1 rings (SSSR count). The summed E-state index contributed by atoms with van der Waals surface area (Å²) in [5, 5.41) is 0. The van der Waals surface area contributed by atoms with Crippen molar-refractivity contribution in [3.8, 4) is 0 Å². The van der Waals surface area contributed by atoms with Crippen LogP contribution in [0.15, 0.2) is 0 Å². The van der Waals surface area contributed by atoms with Crippen LogP contribution < -0.4 is 0 Å². The second-order valence-electron chi connectivity index (χ2n) is 1.69. The van der Waals surface area contributed by atoms with Crippen molar-refractivity contribution in [2.24, 2.45) is 0 Å². The second-order valence-corrected chi connectivity index (χ2v) is 2.63. The van der Waals surface area contributed by atoms with Gasteiger partial charge in [0.2, 0.25) is 0 Å². The molecule has 0 aromatic carbocycles. The topological polar surface area (TPSA) is 0 Å². The molecule has 7 heavy (non-hydrogen) atoms. The molecule has 0 amide bonds. The quantitative estimate of drug-likeness (QED) is 0.469. The van der Waals surface area contributed by atoms with E-state index in [9.17, 15) is 0 Å². The molecule has 1 aliphatic carbocycles. The number of hydrogen-bond acceptors (Lipinski definition) is 0. The molecule has 0 N–H and O–H groups in total. The Morgan fingerprint density at radius 3 is 1.43 bits per heavy atom. The van der Waals surface area contributed by atoms with Crippen molar-refractivity contribution in [2.75, 3.05) is 0 Å². The molecule has 0 heterocycles. The van der Waals surface area contributed by atoms with E-state index in [1.54, 1.807) is 0 Å². The van der Waals surface area contributed by atoms with Crippen LogP contribution in [0, 0.1) is 0 Å². The minimum atomic E-state index is 0. The Labute approximate surface area is 65.3 Å². The summed E-state index contributed by atoms with van der Waals surface area (Å²) < 4.78 is 0.981. The fourth-order valence-electron chi connectivity index (χ4n) is 0.440. The Morgan fingerprint density at radius 2 is 1.43 bits per heavy atom. The molecule has 3 heteroatoms. The third-order valence-electron chi connectivity index (χ3n) is 1.15. The fourth-order valence-corrected chi connectivity index (χ4v) is 0.911. The van der Waals surface area contributed by atoms with Gasteiger partial charge in [-0.1, -0.05) is 19.3 Å². The lowest BCUT2D eigenvalue weighted by Crippen LogP contribution is -2.02. The van der Waals surface area contributed by atoms with E-state index in [0.717, 1.165) is 4.78 Å². The molecular formula is C4H9AlCl2. The van der Waals surface area contributed by atoms with Crippen molar-refractivity contribution in [2.45, 2.75) is 24.0 Å². The maximum absolute atomic E-state index is 2.82. The highest BCUT2D eigenvalue weighted by atomic mass is 35.5. The molecule has 0 saturated heterocycles. The van der Waals surface area contributed by atoms with Crippen molar-refractivity contribution >= 4 is 41.1 Å². The molecular weight excluding hydrogens is 146 g/mol. The zero-order valence-electron chi connectivity index (χ0n) is 4.09. The van der Waals surface area contributed by atoms with Crippen molar-refractivity contribution in [3.05, 3.63) is 0 Å². The first-order chi connectivity index (χ1) is 2.39. The number of rotatable bonds is 0. The van der Waals surface area contributed by atoms with Crippen LogP contribution in [0.2, 0.25) is 4.78 Å². The van der Waals surface area contributed by atoms with Crippen LogP contribution in [-0.4, -0.2) is 16.3 Å². The molecule has 1 aliphatic rings. The van der Waals surface area contributed by atoms with Crippen molar-refractivity contribution < 1.29 is 0 Å². The highest BCUT2D eigenvalue weighted by molar-refractivity contribution is 6.12. The van der Waals surface area contributed by atoms with E-state index in [-0.39, 0.29) is 24.8 Å². The lowest BCUT2D eigenvalue weighted by molar-refractivity contribution is 0.504. The Kier molecular flexibility index (Phi) is 8.24. The van der Waals surface area contributed by atoms with Gasteiger partial charge in [-0.25, -0.2) is 0 Å². The smallest absolute Gasteiger partial charge is 0.123 e. The van der Waals surface area contributed by atoms with Gasteiger partial charge in [-0.3, -0.25) is 0 Å². The van der Waals surface area contributed by atoms with Crippen LogP contribution in [0.1, 0.15) is 19.3 Å². The second kappa shape index (κ2) is 5.25. The van der Waals surface area contributed by atoms with Crippen molar-refractivity contribution in [3.63, 3.8) is 0 Å². The summed E-state index contributed by atoms with van der Waals surface area (Å²) in [5.74, 6) is 0. The van der Waals surface area contributed by atoms with Gasteiger partial charge in [-0.15, -0.1) is 29.6 Å². The van der Waals surface area contributed by atoms with Crippen LogP contribution in [0.25, 0.3) is 0 Å². The maximum atomic E-state index is 2.82. The molecule has 0 aromatic heterocycles. The molecule has 0 nitrogen and oxygen atoms in total. The van der Waals surface area contributed by atoms with Gasteiger partial charge in [0.25, 0.3) is 0 Å². The van der Waals surface area contributed by atoms with E-state index < -0.39 is 0 Å². The minimum Gasteiger partial charge on any atom is -0.147 e. The van der Waals surface area contributed by atoms with Crippen LogP contribution in [-0.2, 0) is 0 Å². The van der Waals surface area contributed by atoms with Gasteiger partial charge in [-0.05, 0) is 0 Å². The SMILES string of the molecule is Cl.Cl.[Al][CH]1CCC1. The molecule has 0 aliphatic heterocycles. The van der Waals surface area contributed by atoms with E-state index >= 15 is 0 Å². The molecule has 1 saturated carbocycles. The first kappa shape index (κ1) is 11.0. The fraction of sp³-hybridized carbons (Fsp3) is 1.00. The normalized spacial score (nSPS) is 18.3. The molecule has 0 aromatic rings. The van der Waals surface area contributed by atoms with Gasteiger partial charge in [-0.2, -0.15) is 0 Å². The molecule has 0 spiro atoms. The highest BCUT2D eigenvalue weighted by Crippen LogP contribution is 2.27. The lowest BCUT2D eigenvalue weighted by atomic mass is 10.00. The van der Waals surface area contributed by atoms with Gasteiger partial charge in [0.05, 0.1) is 0 Å². The monoisotopic (exact) mass is 154 g/mol. The predicted octanol–water partition coefficient (Wildman–Crippen LogP) is 1.97. The third kappa shape index (κ3) is 3.67. The van der Waals surface area contributed by atoms with Crippen molar-refractivity contribution in [1.29, 1.82) is 0 Å². The largest absolute Gasteiger partial charge is 0.147 e. The standard InChI is InChI=1S/C4H7.Al.2ClH/c1-2-4-3-1;;;/h1H,2-4H2;;2*1H. The average Bonchev–Trinajstić information content (AvgIpc) is 1.30. The molecule has 0 atom stereocenters. The summed E-state index contributed by atoms with van der Waals surface area (Å²) in [6, 6.07) is 0. The molecule has 0 bridgehead atoms. The number of hydrogen-bond donors (Lipinski definition) is 0. The lowest BCUT2D eigenvalue weighted by Gasteiger charge is -2.20. The summed E-state index contributed by atoms with van der Waals surface area (Å²) in [6.07, 6.45) is 4.36. The summed E-state index contributed by atoms with van der Waals surface area (Å²) in [7, 11) is 0. The molecule has 2 radical (unpaired) electrons. The summed E-state index contributed by atoms with van der Waals surface area (Å²) in [5.41, 5.74) is 0. The predicted molar refractivity (Wildman–Crippen MR) is 37.9 cm³/mol.